The lowest BCUT2D eigenvalue weighted by atomic mass is 10.0. The molecular formula is C28H43N3S2. The second-order valence-corrected chi connectivity index (χ2v) is 10.4. The number of nitrogens with two attached hydrogens (primary N) is 1. The molecule has 0 radical (unpaired) electrons. The van der Waals surface area contributed by atoms with Gasteiger partial charge in [0.05, 0.1) is 11.0 Å². The summed E-state index contributed by atoms with van der Waals surface area (Å²) in [7, 11) is 0. The van der Waals surface area contributed by atoms with Gasteiger partial charge in [-0.05, 0) is 85.3 Å². The fourth-order valence-corrected chi connectivity index (χ4v) is 4.48. The molecule has 0 aromatic carbocycles. The van der Waals surface area contributed by atoms with E-state index in [0.717, 1.165) is 49.4 Å². The van der Waals surface area contributed by atoms with Crippen molar-refractivity contribution in [3.8, 4) is 0 Å². The monoisotopic (exact) mass is 485 g/mol. The van der Waals surface area contributed by atoms with E-state index in [1.807, 2.05) is 30.0 Å². The van der Waals surface area contributed by atoms with E-state index in [4.69, 9.17) is 18.0 Å². The van der Waals surface area contributed by atoms with Crippen molar-refractivity contribution in [1.29, 1.82) is 0 Å². The molecular weight excluding hydrogens is 442 g/mol. The van der Waals surface area contributed by atoms with E-state index in [1.54, 1.807) is 6.20 Å². The van der Waals surface area contributed by atoms with Gasteiger partial charge < -0.3 is 11.1 Å². The Balaban J connectivity index is 2.27. The van der Waals surface area contributed by atoms with Gasteiger partial charge in [0.2, 0.25) is 0 Å². The van der Waals surface area contributed by atoms with Crippen molar-refractivity contribution in [3.05, 3.63) is 71.0 Å². The van der Waals surface area contributed by atoms with Gasteiger partial charge in [0.25, 0.3) is 0 Å². The summed E-state index contributed by atoms with van der Waals surface area (Å²) in [4.78, 5) is 4.77. The maximum absolute atomic E-state index is 5.90. The van der Waals surface area contributed by atoms with Crippen molar-refractivity contribution >= 4 is 34.8 Å². The maximum atomic E-state index is 5.90. The third-order valence-corrected chi connectivity index (χ3v) is 6.57. The minimum atomic E-state index is -0.0518. The first-order valence-electron chi connectivity index (χ1n) is 11.9. The number of thiocarbonyl (C=S) groups is 1. The molecule has 5 heteroatoms. The summed E-state index contributed by atoms with van der Waals surface area (Å²) in [6, 6.07) is 5.72. The van der Waals surface area contributed by atoms with Crippen molar-refractivity contribution in [2.24, 2.45) is 5.73 Å². The van der Waals surface area contributed by atoms with Crippen LogP contribution in [0.2, 0.25) is 0 Å². The topological polar surface area (TPSA) is 50.9 Å². The minimum absolute atomic E-state index is 0.0518. The van der Waals surface area contributed by atoms with Crippen LogP contribution in [0, 0.1) is 0 Å². The molecule has 1 aromatic heterocycles. The third-order valence-electron chi connectivity index (χ3n) is 5.32. The fraction of sp³-hybridized carbons (Fsp3) is 0.500. The molecule has 182 valence electrons. The lowest BCUT2D eigenvalue weighted by Crippen LogP contribution is -2.36. The van der Waals surface area contributed by atoms with Crippen LogP contribution in [0.25, 0.3) is 0 Å². The quantitative estimate of drug-likeness (QED) is 0.141. The Hall–Kier alpha value is -1.85. The zero-order valence-electron chi connectivity index (χ0n) is 21.2. The summed E-state index contributed by atoms with van der Waals surface area (Å²) in [5.41, 5.74) is 11.7. The number of allylic oxidation sites excluding steroid dienone is 7. The van der Waals surface area contributed by atoms with E-state index >= 15 is 0 Å². The van der Waals surface area contributed by atoms with Gasteiger partial charge in [0.15, 0.2) is 0 Å². The molecule has 1 rings (SSSR count). The Morgan fingerprint density at radius 2 is 1.52 bits per heavy atom. The summed E-state index contributed by atoms with van der Waals surface area (Å²) < 4.78 is 0. The van der Waals surface area contributed by atoms with Crippen LogP contribution >= 0.6 is 24.0 Å². The van der Waals surface area contributed by atoms with Crippen LogP contribution in [0.1, 0.15) is 73.1 Å². The molecule has 0 spiro atoms. The third kappa shape index (κ3) is 15.6. The molecule has 0 bridgehead atoms. The van der Waals surface area contributed by atoms with Crippen molar-refractivity contribution in [2.45, 2.75) is 79.2 Å². The molecule has 3 nitrogen and oxygen atoms in total. The molecule has 1 unspecified atom stereocenters. The molecule has 0 aliphatic carbocycles. The SMILES string of the molecule is CC(C)=CCCC(C)=CCCC(C)=CCCC(C)=CCSCC(Nc1ccccn1)C(N)=S. The van der Waals surface area contributed by atoms with E-state index in [9.17, 15) is 0 Å². The zero-order chi connectivity index (χ0) is 24.5. The van der Waals surface area contributed by atoms with E-state index < -0.39 is 0 Å². The van der Waals surface area contributed by atoms with Crippen LogP contribution in [0.4, 0.5) is 5.82 Å². The Morgan fingerprint density at radius 3 is 2.03 bits per heavy atom. The van der Waals surface area contributed by atoms with E-state index in [2.05, 4.69) is 69.2 Å². The molecule has 33 heavy (non-hydrogen) atoms. The van der Waals surface area contributed by atoms with Crippen LogP contribution < -0.4 is 11.1 Å². The first-order valence-corrected chi connectivity index (χ1v) is 13.5. The molecule has 0 aliphatic rings. The highest BCUT2D eigenvalue weighted by Gasteiger charge is 2.11. The van der Waals surface area contributed by atoms with Crippen LogP contribution in [-0.2, 0) is 0 Å². The van der Waals surface area contributed by atoms with Crippen molar-refractivity contribution < 1.29 is 0 Å². The summed E-state index contributed by atoms with van der Waals surface area (Å²) in [6.07, 6.45) is 18.1. The standard InChI is InChI=1S/C28H43N3S2/c1-22(2)11-8-12-23(3)13-9-14-24(4)15-10-16-25(5)18-20-33-21-26(28(29)32)31-27-17-6-7-19-30-27/h6-7,11,13,15,17-19,26H,8-10,12,14,16,20-21H2,1-5H3,(H2,29,32)(H,30,31). The Morgan fingerprint density at radius 1 is 0.939 bits per heavy atom. The van der Waals surface area contributed by atoms with Crippen molar-refractivity contribution in [3.63, 3.8) is 0 Å². The van der Waals surface area contributed by atoms with Gasteiger partial charge in [-0.2, -0.15) is 11.8 Å². The fourth-order valence-electron chi connectivity index (χ4n) is 3.20. The molecule has 0 aliphatic heterocycles. The molecule has 3 N–H and O–H groups in total. The Labute approximate surface area is 212 Å². The highest BCUT2D eigenvalue weighted by Crippen LogP contribution is 2.15. The number of nitrogens with zero attached hydrogens (tertiary/aromatic N) is 1. The van der Waals surface area contributed by atoms with Gasteiger partial charge >= 0.3 is 0 Å². The van der Waals surface area contributed by atoms with Crippen molar-refractivity contribution in [1.82, 2.24) is 4.98 Å². The summed E-state index contributed by atoms with van der Waals surface area (Å²) in [5.74, 6) is 2.60. The predicted molar refractivity (Wildman–Crippen MR) is 154 cm³/mol. The number of nitrogens with one attached hydrogen (secondary N) is 1. The summed E-state index contributed by atoms with van der Waals surface area (Å²) in [5, 5.41) is 3.32. The molecule has 1 heterocycles. The number of aromatic nitrogens is 1. The molecule has 0 saturated carbocycles. The molecule has 0 fully saturated rings. The van der Waals surface area contributed by atoms with Crippen LogP contribution in [0.15, 0.2) is 71.0 Å². The lowest BCUT2D eigenvalue weighted by Gasteiger charge is -2.17. The minimum Gasteiger partial charge on any atom is -0.392 e. The van der Waals surface area contributed by atoms with Gasteiger partial charge in [-0.15, -0.1) is 0 Å². The van der Waals surface area contributed by atoms with E-state index in [0.29, 0.717) is 4.99 Å². The largest absolute Gasteiger partial charge is 0.392 e. The van der Waals surface area contributed by atoms with Gasteiger partial charge in [-0.25, -0.2) is 4.98 Å². The van der Waals surface area contributed by atoms with Crippen LogP contribution in [0.5, 0.6) is 0 Å². The first kappa shape index (κ1) is 29.2. The van der Waals surface area contributed by atoms with Gasteiger partial charge in [0, 0.05) is 17.7 Å². The second-order valence-electron chi connectivity index (χ2n) is 8.90. The normalized spacial score (nSPS) is 13.5. The van der Waals surface area contributed by atoms with Gasteiger partial charge in [-0.3, -0.25) is 0 Å². The molecule has 0 saturated heterocycles. The summed E-state index contributed by atoms with van der Waals surface area (Å²) in [6.45, 7) is 11.1. The number of thioether (sulfide) groups is 1. The highest BCUT2D eigenvalue weighted by molar-refractivity contribution is 7.99. The maximum Gasteiger partial charge on any atom is 0.126 e. The van der Waals surface area contributed by atoms with Crippen LogP contribution in [0.3, 0.4) is 0 Å². The number of hydrogen-bond donors (Lipinski definition) is 2. The van der Waals surface area contributed by atoms with Gasteiger partial charge in [-0.1, -0.05) is 64.9 Å². The number of rotatable bonds is 16. The molecule has 1 atom stereocenters. The Kier molecular flexibility index (Phi) is 15.6. The second kappa shape index (κ2) is 17.6. The number of hydrogen-bond acceptors (Lipinski definition) is 4. The van der Waals surface area contributed by atoms with E-state index in [1.165, 1.54) is 28.7 Å². The highest BCUT2D eigenvalue weighted by atomic mass is 32.2. The predicted octanol–water partition coefficient (Wildman–Crippen LogP) is 8.03. The smallest absolute Gasteiger partial charge is 0.126 e. The number of pyridine rings is 1. The summed E-state index contributed by atoms with van der Waals surface area (Å²) >= 11 is 7.06. The molecule has 0 amide bonds. The van der Waals surface area contributed by atoms with E-state index in [-0.39, 0.29) is 6.04 Å². The first-order chi connectivity index (χ1) is 15.8. The van der Waals surface area contributed by atoms with Crippen molar-refractivity contribution in [2.75, 3.05) is 16.8 Å². The van der Waals surface area contributed by atoms with Gasteiger partial charge in [0.1, 0.15) is 5.82 Å². The zero-order valence-corrected chi connectivity index (χ0v) is 22.8. The number of anilines is 1. The lowest BCUT2D eigenvalue weighted by molar-refractivity contribution is 0.899. The average Bonchev–Trinajstić information content (AvgIpc) is 2.76. The average molecular weight is 486 g/mol. The van der Waals surface area contributed by atoms with Crippen LogP contribution in [-0.4, -0.2) is 27.5 Å². The Bertz CT molecular complexity index is 819. The molecule has 1 aromatic rings.